The van der Waals surface area contributed by atoms with E-state index in [-0.39, 0.29) is 11.8 Å². The van der Waals surface area contributed by atoms with Crippen molar-refractivity contribution in [3.05, 3.63) is 41.3 Å². The van der Waals surface area contributed by atoms with Gasteiger partial charge in [-0.05, 0) is 37.3 Å². The van der Waals surface area contributed by atoms with Gasteiger partial charge in [0, 0.05) is 11.5 Å². The molecule has 1 fully saturated rings. The number of nitrogens with zero attached hydrogens (tertiary/aromatic N) is 2. The quantitative estimate of drug-likeness (QED) is 0.783. The fourth-order valence-electron chi connectivity index (χ4n) is 2.37. The van der Waals surface area contributed by atoms with Crippen molar-refractivity contribution in [2.24, 2.45) is 5.92 Å². The number of nitrogens with one attached hydrogen (secondary N) is 1. The number of thiophene rings is 1. The van der Waals surface area contributed by atoms with Crippen molar-refractivity contribution in [2.75, 3.05) is 5.32 Å². The summed E-state index contributed by atoms with van der Waals surface area (Å²) in [6, 6.07) is 9.82. The van der Waals surface area contributed by atoms with Gasteiger partial charge in [-0.25, -0.2) is 0 Å². The number of hydrogen-bond donors (Lipinski definition) is 1. The van der Waals surface area contributed by atoms with Crippen LogP contribution in [0, 0.1) is 12.8 Å². The number of benzene rings is 1. The molecule has 1 aromatic carbocycles. The van der Waals surface area contributed by atoms with E-state index in [0.29, 0.717) is 11.7 Å². The summed E-state index contributed by atoms with van der Waals surface area (Å²) in [5, 5.41) is 8.92. The summed E-state index contributed by atoms with van der Waals surface area (Å²) in [5.41, 5.74) is 2.80. The van der Waals surface area contributed by atoms with Gasteiger partial charge in [0.05, 0.1) is 5.69 Å². The summed E-state index contributed by atoms with van der Waals surface area (Å²) in [6.07, 6.45) is 1.95. The van der Waals surface area contributed by atoms with Crippen molar-refractivity contribution < 1.29 is 9.32 Å². The van der Waals surface area contributed by atoms with Crippen LogP contribution in [0.4, 0.5) is 5.69 Å². The molecule has 1 aliphatic rings. The van der Waals surface area contributed by atoms with Crippen LogP contribution in [0.2, 0.25) is 0 Å². The van der Waals surface area contributed by atoms with Crippen molar-refractivity contribution in [1.82, 2.24) is 10.1 Å². The molecule has 1 saturated carbocycles. The summed E-state index contributed by atoms with van der Waals surface area (Å²) in [7, 11) is 0. The first kappa shape index (κ1) is 14.1. The maximum absolute atomic E-state index is 11.9. The standard InChI is InChI=1S/C17H15N3O2S/c1-10-3-2-4-12(9-10)15-19-17(22-20-15)14-13(7-8-23-14)18-16(21)11-5-6-11/h2-4,7-9,11H,5-6H2,1H3,(H,18,21). The first-order valence-electron chi connectivity index (χ1n) is 7.50. The maximum Gasteiger partial charge on any atom is 0.270 e. The predicted octanol–water partition coefficient (Wildman–Crippen LogP) is 4.12. The average molecular weight is 325 g/mol. The van der Waals surface area contributed by atoms with E-state index in [9.17, 15) is 4.79 Å². The van der Waals surface area contributed by atoms with Crippen molar-refractivity contribution >= 4 is 22.9 Å². The third-order valence-electron chi connectivity index (χ3n) is 3.77. The van der Waals surface area contributed by atoms with Gasteiger partial charge in [-0.15, -0.1) is 11.3 Å². The lowest BCUT2D eigenvalue weighted by molar-refractivity contribution is -0.117. The molecule has 6 heteroatoms. The fourth-order valence-corrected chi connectivity index (χ4v) is 3.14. The molecule has 0 atom stereocenters. The molecule has 4 rings (SSSR count). The number of amides is 1. The zero-order valence-corrected chi connectivity index (χ0v) is 13.4. The van der Waals surface area contributed by atoms with E-state index in [2.05, 4.69) is 15.5 Å². The van der Waals surface area contributed by atoms with Crippen molar-refractivity contribution in [3.63, 3.8) is 0 Å². The van der Waals surface area contributed by atoms with E-state index in [0.717, 1.165) is 34.5 Å². The molecular formula is C17H15N3O2S. The van der Waals surface area contributed by atoms with Crippen LogP contribution >= 0.6 is 11.3 Å². The number of rotatable bonds is 4. The molecule has 1 amide bonds. The molecule has 0 unspecified atom stereocenters. The number of anilines is 1. The lowest BCUT2D eigenvalue weighted by Crippen LogP contribution is -2.13. The first-order chi connectivity index (χ1) is 11.2. The van der Waals surface area contributed by atoms with Gasteiger partial charge >= 0.3 is 0 Å². The van der Waals surface area contributed by atoms with Crippen LogP contribution in [0.15, 0.2) is 40.2 Å². The predicted molar refractivity (Wildman–Crippen MR) is 89.1 cm³/mol. The van der Waals surface area contributed by atoms with Crippen LogP contribution < -0.4 is 5.32 Å². The normalized spacial score (nSPS) is 14.0. The summed E-state index contributed by atoms with van der Waals surface area (Å²) in [6.45, 7) is 2.02. The largest absolute Gasteiger partial charge is 0.333 e. The molecule has 0 radical (unpaired) electrons. The zero-order chi connectivity index (χ0) is 15.8. The third kappa shape index (κ3) is 2.90. The molecule has 0 bridgehead atoms. The maximum atomic E-state index is 11.9. The molecule has 2 heterocycles. The van der Waals surface area contributed by atoms with Crippen LogP contribution in [-0.4, -0.2) is 16.0 Å². The molecule has 1 N–H and O–H groups in total. The summed E-state index contributed by atoms with van der Waals surface area (Å²) < 4.78 is 5.40. The highest BCUT2D eigenvalue weighted by Gasteiger charge is 2.30. The second-order valence-corrected chi connectivity index (χ2v) is 6.64. The van der Waals surface area contributed by atoms with Gasteiger partial charge in [0.25, 0.3) is 5.89 Å². The summed E-state index contributed by atoms with van der Waals surface area (Å²) in [4.78, 5) is 17.2. The summed E-state index contributed by atoms with van der Waals surface area (Å²) >= 11 is 1.48. The third-order valence-corrected chi connectivity index (χ3v) is 4.67. The van der Waals surface area contributed by atoms with E-state index in [4.69, 9.17) is 4.52 Å². The van der Waals surface area contributed by atoms with Gasteiger partial charge in [0.1, 0.15) is 4.88 Å². The highest BCUT2D eigenvalue weighted by atomic mass is 32.1. The molecule has 5 nitrogen and oxygen atoms in total. The van der Waals surface area contributed by atoms with E-state index < -0.39 is 0 Å². The van der Waals surface area contributed by atoms with Crippen LogP contribution in [0.5, 0.6) is 0 Å². The fraction of sp³-hybridized carbons (Fsp3) is 0.235. The minimum absolute atomic E-state index is 0.0723. The minimum Gasteiger partial charge on any atom is -0.333 e. The lowest BCUT2D eigenvalue weighted by atomic mass is 10.1. The van der Waals surface area contributed by atoms with Gasteiger partial charge in [-0.2, -0.15) is 4.98 Å². The molecule has 0 spiro atoms. The van der Waals surface area contributed by atoms with Crippen molar-refractivity contribution in [3.8, 4) is 22.2 Å². The number of aryl methyl sites for hydroxylation is 1. The Hall–Kier alpha value is -2.47. The van der Waals surface area contributed by atoms with Crippen LogP contribution in [0.3, 0.4) is 0 Å². The molecule has 0 saturated heterocycles. The molecular weight excluding hydrogens is 310 g/mol. The second-order valence-electron chi connectivity index (χ2n) is 5.72. The molecule has 3 aromatic rings. The highest BCUT2D eigenvalue weighted by molar-refractivity contribution is 7.14. The van der Waals surface area contributed by atoms with E-state index in [1.165, 1.54) is 11.3 Å². The molecule has 1 aliphatic carbocycles. The minimum atomic E-state index is 0.0723. The lowest BCUT2D eigenvalue weighted by Gasteiger charge is -2.02. The average Bonchev–Trinajstić information content (AvgIpc) is 3.11. The Morgan fingerprint density at radius 3 is 3.00 bits per heavy atom. The van der Waals surface area contributed by atoms with E-state index >= 15 is 0 Å². The Balaban J connectivity index is 1.62. The Kier molecular flexibility index (Phi) is 3.46. The van der Waals surface area contributed by atoms with Crippen molar-refractivity contribution in [2.45, 2.75) is 19.8 Å². The molecule has 2 aromatic heterocycles. The molecule has 0 aliphatic heterocycles. The Bertz CT molecular complexity index is 864. The van der Waals surface area contributed by atoms with Gasteiger partial charge in [0.15, 0.2) is 0 Å². The number of carbonyl (C=O) groups is 1. The van der Waals surface area contributed by atoms with Gasteiger partial charge in [-0.3, -0.25) is 4.79 Å². The summed E-state index contributed by atoms with van der Waals surface area (Å²) in [5.74, 6) is 1.22. The monoisotopic (exact) mass is 325 g/mol. The Morgan fingerprint density at radius 2 is 2.22 bits per heavy atom. The van der Waals surface area contributed by atoms with Gasteiger partial charge in [-0.1, -0.05) is 28.9 Å². The topological polar surface area (TPSA) is 68.0 Å². The first-order valence-corrected chi connectivity index (χ1v) is 8.38. The number of aromatic nitrogens is 2. The Labute approximate surface area is 137 Å². The zero-order valence-electron chi connectivity index (χ0n) is 12.6. The van der Waals surface area contributed by atoms with E-state index in [1.807, 2.05) is 42.6 Å². The van der Waals surface area contributed by atoms with Crippen molar-refractivity contribution in [1.29, 1.82) is 0 Å². The van der Waals surface area contributed by atoms with Crippen LogP contribution in [0.1, 0.15) is 18.4 Å². The molecule has 23 heavy (non-hydrogen) atoms. The van der Waals surface area contributed by atoms with Crippen LogP contribution in [-0.2, 0) is 4.79 Å². The molecule has 116 valence electrons. The SMILES string of the molecule is Cc1cccc(-c2noc(-c3sccc3NC(=O)C3CC3)n2)c1. The Morgan fingerprint density at radius 1 is 1.35 bits per heavy atom. The number of hydrogen-bond acceptors (Lipinski definition) is 5. The van der Waals surface area contributed by atoms with Gasteiger partial charge in [0.2, 0.25) is 11.7 Å². The highest BCUT2D eigenvalue weighted by Crippen LogP contribution is 2.36. The second kappa shape index (κ2) is 5.62. The van der Waals surface area contributed by atoms with Crippen LogP contribution in [0.25, 0.3) is 22.2 Å². The number of carbonyl (C=O) groups excluding carboxylic acids is 1. The van der Waals surface area contributed by atoms with E-state index in [1.54, 1.807) is 0 Å². The smallest absolute Gasteiger partial charge is 0.270 e. The van der Waals surface area contributed by atoms with Gasteiger partial charge < -0.3 is 9.84 Å².